The van der Waals surface area contributed by atoms with Gasteiger partial charge in [0.25, 0.3) is 0 Å². The normalized spacial score (nSPS) is 17.0. The summed E-state index contributed by atoms with van der Waals surface area (Å²) < 4.78 is 5.73. The van der Waals surface area contributed by atoms with Gasteiger partial charge in [0.15, 0.2) is 5.78 Å². The number of rotatable bonds is 19. The van der Waals surface area contributed by atoms with Gasteiger partial charge < -0.3 is 4.74 Å². The van der Waals surface area contributed by atoms with Crippen molar-refractivity contribution in [2.75, 3.05) is 0 Å². The van der Waals surface area contributed by atoms with Crippen LogP contribution < -0.4 is 0 Å². The fourth-order valence-electron chi connectivity index (χ4n) is 4.16. The number of ketones is 1. The van der Waals surface area contributed by atoms with Gasteiger partial charge in [0.2, 0.25) is 0 Å². The molecule has 0 spiro atoms. The minimum Gasteiger partial charge on any atom is -0.494 e. The van der Waals surface area contributed by atoms with Crippen molar-refractivity contribution >= 4 is 5.78 Å². The van der Waals surface area contributed by atoms with Crippen molar-refractivity contribution in [3.8, 4) is 0 Å². The molecule has 1 unspecified atom stereocenters. The van der Waals surface area contributed by atoms with Crippen molar-refractivity contribution in [3.63, 3.8) is 0 Å². The Bertz CT molecular complexity index is 449. The van der Waals surface area contributed by atoms with Gasteiger partial charge in [0.05, 0.1) is 5.76 Å². The van der Waals surface area contributed by atoms with Crippen molar-refractivity contribution in [2.24, 2.45) is 0 Å². The quantitative estimate of drug-likeness (QED) is 0.159. The molecule has 29 heavy (non-hydrogen) atoms. The van der Waals surface area contributed by atoms with Crippen molar-refractivity contribution < 1.29 is 9.53 Å². The van der Waals surface area contributed by atoms with E-state index in [9.17, 15) is 4.79 Å². The second kappa shape index (κ2) is 18.9. The minimum atomic E-state index is 0.132. The molecule has 0 N–H and O–H groups in total. The number of hydrogen-bond acceptors (Lipinski definition) is 2. The van der Waals surface area contributed by atoms with Gasteiger partial charge in [-0.2, -0.15) is 0 Å². The van der Waals surface area contributed by atoms with E-state index in [1.54, 1.807) is 6.08 Å². The number of carbonyl (C=O) groups excluding carboxylic acids is 1. The summed E-state index contributed by atoms with van der Waals surface area (Å²) in [4.78, 5) is 11.5. The van der Waals surface area contributed by atoms with Gasteiger partial charge in [-0.3, -0.25) is 4.79 Å². The van der Waals surface area contributed by atoms with Gasteiger partial charge in [0.1, 0.15) is 6.10 Å². The molecule has 0 aromatic carbocycles. The molecular formula is C27H48O2. The molecule has 1 atom stereocenters. The molecule has 0 amide bonds. The second-order valence-corrected chi connectivity index (χ2v) is 8.95. The highest BCUT2D eigenvalue weighted by Crippen LogP contribution is 2.20. The third-order valence-electron chi connectivity index (χ3n) is 5.93. The molecule has 1 aliphatic rings. The van der Waals surface area contributed by atoms with Crippen LogP contribution in [0.2, 0.25) is 0 Å². The zero-order valence-electron chi connectivity index (χ0n) is 19.6. The Morgan fingerprint density at radius 2 is 1.28 bits per heavy atom. The molecule has 1 heterocycles. The van der Waals surface area contributed by atoms with E-state index in [0.717, 1.165) is 12.2 Å². The molecule has 168 valence electrons. The predicted molar refractivity (Wildman–Crippen MR) is 126 cm³/mol. The van der Waals surface area contributed by atoms with Crippen molar-refractivity contribution in [1.82, 2.24) is 0 Å². The maximum absolute atomic E-state index is 11.5. The first-order valence-electron chi connectivity index (χ1n) is 12.7. The number of hydrogen-bond donors (Lipinski definition) is 0. The summed E-state index contributed by atoms with van der Waals surface area (Å²) in [5.41, 5.74) is 0. The lowest BCUT2D eigenvalue weighted by Crippen LogP contribution is -2.21. The van der Waals surface area contributed by atoms with Crippen LogP contribution in [0.1, 0.15) is 136 Å². The lowest BCUT2D eigenvalue weighted by molar-refractivity contribution is -0.118. The zero-order valence-corrected chi connectivity index (χ0v) is 19.6. The molecule has 2 nitrogen and oxygen atoms in total. The van der Waals surface area contributed by atoms with Crippen LogP contribution >= 0.6 is 0 Å². The largest absolute Gasteiger partial charge is 0.494 e. The third kappa shape index (κ3) is 16.4. The molecule has 0 aliphatic carbocycles. The molecule has 1 rings (SSSR count). The average molecular weight is 405 g/mol. The van der Waals surface area contributed by atoms with Crippen LogP contribution in [0.15, 0.2) is 24.0 Å². The monoisotopic (exact) mass is 404 g/mol. The summed E-state index contributed by atoms with van der Waals surface area (Å²) >= 11 is 0. The number of allylic oxidation sites excluding steroid dienone is 4. The van der Waals surface area contributed by atoms with Gasteiger partial charge in [0, 0.05) is 12.5 Å². The maximum atomic E-state index is 11.5. The van der Waals surface area contributed by atoms with Crippen LogP contribution in [-0.2, 0) is 9.53 Å². The highest BCUT2D eigenvalue weighted by Gasteiger charge is 2.18. The number of unbranched alkanes of at least 4 members (excludes halogenated alkanes) is 15. The molecule has 0 fully saturated rings. The van der Waals surface area contributed by atoms with Gasteiger partial charge in [-0.15, -0.1) is 0 Å². The standard InChI is InChI=1S/C27H48O2/c1-3-4-5-6-7-8-9-10-11-12-13-14-15-16-17-18-19-20-21-22-27-24-26(28)23-25(2)29-27/h10-11,23,27H,3-9,12-22,24H2,1-2H3. The van der Waals surface area contributed by atoms with E-state index >= 15 is 0 Å². The van der Waals surface area contributed by atoms with E-state index in [0.29, 0.717) is 6.42 Å². The Morgan fingerprint density at radius 3 is 1.79 bits per heavy atom. The lowest BCUT2D eigenvalue weighted by atomic mass is 10.0. The first kappa shape index (κ1) is 26.0. The summed E-state index contributed by atoms with van der Waals surface area (Å²) in [6.07, 6.45) is 31.2. The smallest absolute Gasteiger partial charge is 0.162 e. The van der Waals surface area contributed by atoms with Crippen LogP contribution in [0.5, 0.6) is 0 Å². The Hall–Kier alpha value is -1.05. The minimum absolute atomic E-state index is 0.132. The molecule has 0 saturated heterocycles. The summed E-state index contributed by atoms with van der Waals surface area (Å²) in [5, 5.41) is 0. The van der Waals surface area contributed by atoms with Crippen molar-refractivity contribution in [2.45, 2.75) is 142 Å². The molecule has 2 heteroatoms. The first-order valence-corrected chi connectivity index (χ1v) is 12.7. The van der Waals surface area contributed by atoms with Gasteiger partial charge in [-0.05, 0) is 45.4 Å². The predicted octanol–water partition coefficient (Wildman–Crippen LogP) is 8.85. The van der Waals surface area contributed by atoms with Crippen molar-refractivity contribution in [1.29, 1.82) is 0 Å². The van der Waals surface area contributed by atoms with Gasteiger partial charge in [-0.25, -0.2) is 0 Å². The maximum Gasteiger partial charge on any atom is 0.162 e. The number of carbonyl (C=O) groups is 1. The zero-order chi connectivity index (χ0) is 21.0. The molecule has 1 aliphatic heterocycles. The van der Waals surface area contributed by atoms with E-state index < -0.39 is 0 Å². The highest BCUT2D eigenvalue weighted by atomic mass is 16.5. The molecule has 0 saturated carbocycles. The summed E-state index contributed by atoms with van der Waals surface area (Å²) in [6, 6.07) is 0. The molecule has 0 radical (unpaired) electrons. The summed E-state index contributed by atoms with van der Waals surface area (Å²) in [5.74, 6) is 1.02. The SMILES string of the molecule is CCCCCCCCC=CCCCCCCCCCCCC1CC(=O)C=C(C)O1. The molecule has 0 aromatic rings. The van der Waals surface area contributed by atoms with E-state index in [1.165, 1.54) is 109 Å². The van der Waals surface area contributed by atoms with Gasteiger partial charge >= 0.3 is 0 Å². The van der Waals surface area contributed by atoms with Crippen LogP contribution in [0, 0.1) is 0 Å². The lowest BCUT2D eigenvalue weighted by Gasteiger charge is -2.22. The Kier molecular flexibility index (Phi) is 17.0. The first-order chi connectivity index (χ1) is 14.2. The van der Waals surface area contributed by atoms with Crippen LogP contribution in [0.25, 0.3) is 0 Å². The van der Waals surface area contributed by atoms with E-state index in [4.69, 9.17) is 4.74 Å². The second-order valence-electron chi connectivity index (χ2n) is 8.95. The molecule has 0 aromatic heterocycles. The van der Waals surface area contributed by atoms with E-state index in [1.807, 2.05) is 6.92 Å². The Labute approximate surface area is 181 Å². The fourth-order valence-corrected chi connectivity index (χ4v) is 4.16. The summed E-state index contributed by atoms with van der Waals surface area (Å²) in [7, 11) is 0. The van der Waals surface area contributed by atoms with Crippen LogP contribution in [0.3, 0.4) is 0 Å². The Balaban J connectivity index is 1.75. The van der Waals surface area contributed by atoms with Crippen LogP contribution in [0.4, 0.5) is 0 Å². The van der Waals surface area contributed by atoms with E-state index in [-0.39, 0.29) is 11.9 Å². The third-order valence-corrected chi connectivity index (χ3v) is 5.93. The van der Waals surface area contributed by atoms with Crippen LogP contribution in [-0.4, -0.2) is 11.9 Å². The fraction of sp³-hybridized carbons (Fsp3) is 0.815. The molecule has 0 bridgehead atoms. The topological polar surface area (TPSA) is 26.3 Å². The average Bonchev–Trinajstić information content (AvgIpc) is 2.69. The highest BCUT2D eigenvalue weighted by molar-refractivity contribution is 5.91. The van der Waals surface area contributed by atoms with Crippen molar-refractivity contribution in [3.05, 3.63) is 24.0 Å². The number of ether oxygens (including phenoxy) is 1. The van der Waals surface area contributed by atoms with Gasteiger partial charge in [-0.1, -0.05) is 96.1 Å². The molecular weight excluding hydrogens is 356 g/mol. The Morgan fingerprint density at radius 1 is 0.793 bits per heavy atom. The van der Waals surface area contributed by atoms with E-state index in [2.05, 4.69) is 19.1 Å². The summed E-state index contributed by atoms with van der Waals surface area (Å²) in [6.45, 7) is 4.17.